The van der Waals surface area contributed by atoms with Crippen molar-refractivity contribution < 1.29 is 14.3 Å². The molecule has 0 aliphatic rings. The number of rotatable bonds is 11. The third-order valence-corrected chi connectivity index (χ3v) is 5.42. The molecule has 0 fully saturated rings. The maximum atomic E-state index is 13.0. The summed E-state index contributed by atoms with van der Waals surface area (Å²) < 4.78 is 5.72. The summed E-state index contributed by atoms with van der Waals surface area (Å²) in [6.45, 7) is 8.82. The van der Waals surface area contributed by atoms with Gasteiger partial charge in [-0.2, -0.15) is 0 Å². The van der Waals surface area contributed by atoms with E-state index in [4.69, 9.17) is 16.3 Å². The van der Waals surface area contributed by atoms with E-state index in [2.05, 4.69) is 26.1 Å². The Morgan fingerprint density at radius 1 is 1.03 bits per heavy atom. The number of halogens is 1. The molecule has 2 amide bonds. The molecule has 31 heavy (non-hydrogen) atoms. The van der Waals surface area contributed by atoms with E-state index in [1.54, 1.807) is 24.0 Å². The van der Waals surface area contributed by atoms with Crippen LogP contribution >= 0.6 is 11.6 Å². The molecular weight excluding hydrogens is 412 g/mol. The summed E-state index contributed by atoms with van der Waals surface area (Å²) in [5.41, 5.74) is 2.10. The minimum Gasteiger partial charge on any atom is -0.484 e. The van der Waals surface area contributed by atoms with Gasteiger partial charge in [0.25, 0.3) is 5.91 Å². The number of hydrogen-bond acceptors (Lipinski definition) is 3. The van der Waals surface area contributed by atoms with Crippen molar-refractivity contribution in [1.29, 1.82) is 0 Å². The summed E-state index contributed by atoms with van der Waals surface area (Å²) in [5, 5.41) is 3.53. The fourth-order valence-corrected chi connectivity index (χ4v) is 3.21. The quantitative estimate of drug-likeness (QED) is 0.486. The van der Waals surface area contributed by atoms with E-state index >= 15 is 0 Å². The molecule has 0 spiro atoms. The zero-order chi connectivity index (χ0) is 22.8. The number of hydrogen-bond donors (Lipinski definition) is 1. The summed E-state index contributed by atoms with van der Waals surface area (Å²) in [7, 11) is 0. The minimum atomic E-state index is -0.619. The van der Waals surface area contributed by atoms with Gasteiger partial charge in [0.1, 0.15) is 11.8 Å². The van der Waals surface area contributed by atoms with Gasteiger partial charge in [-0.3, -0.25) is 9.59 Å². The standard InChI is InChI=1S/C25H33ClN2O3/c1-5-6-15-27-25(30)19(4)28(16-20-7-11-22(26)12-8-20)24(29)17-31-23-13-9-21(10-14-23)18(2)3/h7-14,18-19H,5-6,15-17H2,1-4H3,(H,27,30)/t19-/m0/s1. The molecule has 2 rings (SSSR count). The Bertz CT molecular complexity index is 835. The Kier molecular flexibility index (Phi) is 9.86. The van der Waals surface area contributed by atoms with Gasteiger partial charge in [-0.25, -0.2) is 0 Å². The molecule has 0 aliphatic heterocycles. The fraction of sp³-hybridized carbons (Fsp3) is 0.440. The third kappa shape index (κ3) is 7.91. The molecular formula is C25H33ClN2O3. The van der Waals surface area contributed by atoms with E-state index in [9.17, 15) is 9.59 Å². The van der Waals surface area contributed by atoms with Crippen molar-refractivity contribution in [2.75, 3.05) is 13.2 Å². The van der Waals surface area contributed by atoms with Crippen LogP contribution in [0.15, 0.2) is 48.5 Å². The molecule has 0 heterocycles. The lowest BCUT2D eigenvalue weighted by molar-refractivity contribution is -0.142. The molecule has 168 valence electrons. The fourth-order valence-electron chi connectivity index (χ4n) is 3.08. The van der Waals surface area contributed by atoms with Crippen LogP contribution in [-0.2, 0) is 16.1 Å². The molecule has 2 aromatic rings. The predicted octanol–water partition coefficient (Wildman–Crippen LogP) is 5.18. The molecule has 0 saturated carbocycles. The number of nitrogens with zero attached hydrogens (tertiary/aromatic N) is 1. The molecule has 0 aliphatic carbocycles. The van der Waals surface area contributed by atoms with Gasteiger partial charge >= 0.3 is 0 Å². The Hall–Kier alpha value is -2.53. The topological polar surface area (TPSA) is 58.6 Å². The molecule has 0 bridgehead atoms. The zero-order valence-electron chi connectivity index (χ0n) is 18.9. The molecule has 0 aromatic heterocycles. The number of carbonyl (C=O) groups is 2. The molecule has 5 nitrogen and oxygen atoms in total. The van der Waals surface area contributed by atoms with E-state index in [0.717, 1.165) is 18.4 Å². The first kappa shape index (κ1) is 24.7. The lowest BCUT2D eigenvalue weighted by Crippen LogP contribution is -2.49. The zero-order valence-corrected chi connectivity index (χ0v) is 19.6. The maximum absolute atomic E-state index is 13.0. The van der Waals surface area contributed by atoms with E-state index in [0.29, 0.717) is 29.8 Å². The summed E-state index contributed by atoms with van der Waals surface area (Å²) >= 11 is 5.98. The van der Waals surface area contributed by atoms with Crippen LogP contribution in [0.2, 0.25) is 5.02 Å². The Balaban J connectivity index is 2.08. The summed E-state index contributed by atoms with van der Waals surface area (Å²) in [4.78, 5) is 27.2. The van der Waals surface area contributed by atoms with Crippen LogP contribution in [0.3, 0.4) is 0 Å². The first-order valence-corrected chi connectivity index (χ1v) is 11.2. The van der Waals surface area contributed by atoms with Crippen LogP contribution in [0, 0.1) is 0 Å². The number of benzene rings is 2. The van der Waals surface area contributed by atoms with Crippen LogP contribution in [0.5, 0.6) is 5.75 Å². The molecule has 1 N–H and O–H groups in total. The van der Waals surface area contributed by atoms with Crippen molar-refractivity contribution in [3.05, 3.63) is 64.7 Å². The monoisotopic (exact) mass is 444 g/mol. The van der Waals surface area contributed by atoms with Crippen molar-refractivity contribution in [3.8, 4) is 5.75 Å². The van der Waals surface area contributed by atoms with E-state index in [1.165, 1.54) is 5.56 Å². The number of amides is 2. The van der Waals surface area contributed by atoms with Gasteiger partial charge in [0, 0.05) is 18.1 Å². The third-order valence-electron chi connectivity index (χ3n) is 5.17. The van der Waals surface area contributed by atoms with Crippen LogP contribution in [0.4, 0.5) is 0 Å². The summed E-state index contributed by atoms with van der Waals surface area (Å²) in [6, 6.07) is 14.4. The Morgan fingerprint density at radius 2 is 1.68 bits per heavy atom. The molecule has 0 radical (unpaired) electrons. The average Bonchev–Trinajstić information content (AvgIpc) is 2.77. The van der Waals surface area contributed by atoms with Crippen LogP contribution in [-0.4, -0.2) is 35.9 Å². The van der Waals surface area contributed by atoms with Crippen molar-refractivity contribution >= 4 is 23.4 Å². The highest BCUT2D eigenvalue weighted by Crippen LogP contribution is 2.19. The molecule has 0 unspecified atom stereocenters. The van der Waals surface area contributed by atoms with Gasteiger partial charge in [-0.15, -0.1) is 0 Å². The normalized spacial score (nSPS) is 11.8. The summed E-state index contributed by atoms with van der Waals surface area (Å²) in [5.74, 6) is 0.639. The molecule has 1 atom stereocenters. The van der Waals surface area contributed by atoms with E-state index in [1.807, 2.05) is 36.4 Å². The van der Waals surface area contributed by atoms with Crippen LogP contribution in [0.1, 0.15) is 57.6 Å². The highest BCUT2D eigenvalue weighted by atomic mass is 35.5. The van der Waals surface area contributed by atoms with Gasteiger partial charge in [0.05, 0.1) is 0 Å². The number of unbranched alkanes of at least 4 members (excludes halogenated alkanes) is 1. The lowest BCUT2D eigenvalue weighted by atomic mass is 10.0. The second-order valence-corrected chi connectivity index (χ2v) is 8.42. The number of nitrogens with one attached hydrogen (secondary N) is 1. The largest absolute Gasteiger partial charge is 0.484 e. The van der Waals surface area contributed by atoms with Crippen molar-refractivity contribution in [3.63, 3.8) is 0 Å². The number of ether oxygens (including phenoxy) is 1. The van der Waals surface area contributed by atoms with Crippen molar-refractivity contribution in [2.45, 2.75) is 59.0 Å². The van der Waals surface area contributed by atoms with Crippen LogP contribution in [0.25, 0.3) is 0 Å². The van der Waals surface area contributed by atoms with Gasteiger partial charge in [-0.1, -0.05) is 63.1 Å². The maximum Gasteiger partial charge on any atom is 0.261 e. The Labute approximate surface area is 190 Å². The smallest absolute Gasteiger partial charge is 0.261 e. The lowest BCUT2D eigenvalue weighted by Gasteiger charge is -2.28. The second-order valence-electron chi connectivity index (χ2n) is 7.98. The van der Waals surface area contributed by atoms with Crippen molar-refractivity contribution in [2.24, 2.45) is 0 Å². The van der Waals surface area contributed by atoms with E-state index in [-0.39, 0.29) is 18.4 Å². The summed E-state index contributed by atoms with van der Waals surface area (Å²) in [6.07, 6.45) is 1.89. The first-order chi connectivity index (χ1) is 14.8. The van der Waals surface area contributed by atoms with Gasteiger partial charge < -0.3 is 15.0 Å². The average molecular weight is 445 g/mol. The van der Waals surface area contributed by atoms with E-state index < -0.39 is 6.04 Å². The first-order valence-electron chi connectivity index (χ1n) is 10.9. The van der Waals surface area contributed by atoms with Crippen LogP contribution < -0.4 is 10.1 Å². The highest BCUT2D eigenvalue weighted by molar-refractivity contribution is 6.30. The second kappa shape index (κ2) is 12.4. The van der Waals surface area contributed by atoms with Gasteiger partial charge in [0.2, 0.25) is 5.91 Å². The molecule has 2 aromatic carbocycles. The number of carbonyl (C=O) groups excluding carboxylic acids is 2. The predicted molar refractivity (Wildman–Crippen MR) is 125 cm³/mol. The van der Waals surface area contributed by atoms with Gasteiger partial charge in [0.15, 0.2) is 6.61 Å². The molecule has 0 saturated heterocycles. The minimum absolute atomic E-state index is 0.138. The Morgan fingerprint density at radius 3 is 2.26 bits per heavy atom. The van der Waals surface area contributed by atoms with Gasteiger partial charge in [-0.05, 0) is 54.7 Å². The van der Waals surface area contributed by atoms with Crippen molar-refractivity contribution in [1.82, 2.24) is 10.2 Å². The molecule has 6 heteroatoms. The SMILES string of the molecule is CCCCNC(=O)[C@H](C)N(Cc1ccc(Cl)cc1)C(=O)COc1ccc(C(C)C)cc1. The highest BCUT2D eigenvalue weighted by Gasteiger charge is 2.26.